The zero-order valence-electron chi connectivity index (χ0n) is 11.8. The molecule has 2 aromatic rings. The number of aliphatic hydroxyl groups is 1. The Morgan fingerprint density at radius 1 is 1.24 bits per heavy atom. The predicted octanol–water partition coefficient (Wildman–Crippen LogP) is 2.19. The largest absolute Gasteiger partial charge is 0.507 e. The fourth-order valence-electron chi connectivity index (χ4n) is 2.99. The van der Waals surface area contributed by atoms with Crippen LogP contribution in [0.25, 0.3) is 10.8 Å². The van der Waals surface area contributed by atoms with Crippen LogP contribution < -0.4 is 0 Å². The summed E-state index contributed by atoms with van der Waals surface area (Å²) < 4.78 is 5.06. The first-order valence-corrected chi connectivity index (χ1v) is 6.68. The van der Waals surface area contributed by atoms with E-state index in [1.165, 1.54) is 13.2 Å². The number of ether oxygens (including phenoxy) is 1. The highest BCUT2D eigenvalue weighted by Crippen LogP contribution is 2.43. The SMILES string of the molecule is CO[C@@H]1C[C@H](O)c2cc3cc(C)cc(O)c3c(O)c2C1=O. The Bertz CT molecular complexity index is 750. The Morgan fingerprint density at radius 3 is 2.62 bits per heavy atom. The number of phenols is 2. The molecule has 1 aliphatic rings. The van der Waals surface area contributed by atoms with Gasteiger partial charge in [0.25, 0.3) is 0 Å². The molecule has 3 rings (SSSR count). The molecule has 21 heavy (non-hydrogen) atoms. The third kappa shape index (κ3) is 1.97. The van der Waals surface area contributed by atoms with Crippen molar-refractivity contribution in [1.29, 1.82) is 0 Å². The molecule has 0 saturated carbocycles. The van der Waals surface area contributed by atoms with Crippen LogP contribution in [0.4, 0.5) is 0 Å². The average Bonchev–Trinajstić information content (AvgIpc) is 2.41. The molecular formula is C16H16O5. The van der Waals surface area contributed by atoms with Crippen LogP contribution in [0.1, 0.15) is 34.0 Å². The molecule has 0 saturated heterocycles. The van der Waals surface area contributed by atoms with E-state index in [1.807, 2.05) is 6.92 Å². The summed E-state index contributed by atoms with van der Waals surface area (Å²) in [5, 5.41) is 31.5. The van der Waals surface area contributed by atoms with E-state index < -0.39 is 12.2 Å². The lowest BCUT2D eigenvalue weighted by atomic mass is 9.83. The number of benzene rings is 2. The van der Waals surface area contributed by atoms with Crippen molar-refractivity contribution in [3.8, 4) is 11.5 Å². The number of aliphatic hydroxyl groups excluding tert-OH is 1. The number of ketones is 1. The lowest BCUT2D eigenvalue weighted by Gasteiger charge is -2.27. The van der Waals surface area contributed by atoms with Crippen LogP contribution in [-0.2, 0) is 4.74 Å². The third-order valence-electron chi connectivity index (χ3n) is 3.99. The lowest BCUT2D eigenvalue weighted by Crippen LogP contribution is -2.31. The van der Waals surface area contributed by atoms with Gasteiger partial charge in [0.1, 0.15) is 17.6 Å². The maximum absolute atomic E-state index is 12.4. The minimum atomic E-state index is -0.888. The van der Waals surface area contributed by atoms with Crippen LogP contribution in [0.2, 0.25) is 0 Å². The van der Waals surface area contributed by atoms with Gasteiger partial charge in [0.2, 0.25) is 0 Å². The zero-order chi connectivity index (χ0) is 15.3. The molecule has 5 nitrogen and oxygen atoms in total. The second kappa shape index (κ2) is 4.72. The van der Waals surface area contributed by atoms with Gasteiger partial charge in [-0.3, -0.25) is 4.79 Å². The molecule has 2 atom stereocenters. The summed E-state index contributed by atoms with van der Waals surface area (Å²) in [6, 6.07) is 4.95. The van der Waals surface area contributed by atoms with E-state index in [9.17, 15) is 20.1 Å². The van der Waals surface area contributed by atoms with Crippen molar-refractivity contribution in [2.75, 3.05) is 7.11 Å². The van der Waals surface area contributed by atoms with Crippen LogP contribution in [-0.4, -0.2) is 34.3 Å². The van der Waals surface area contributed by atoms with Gasteiger partial charge >= 0.3 is 0 Å². The van der Waals surface area contributed by atoms with Crippen molar-refractivity contribution in [3.63, 3.8) is 0 Å². The summed E-state index contributed by atoms with van der Waals surface area (Å²) in [5.41, 5.74) is 1.24. The first-order valence-electron chi connectivity index (χ1n) is 6.68. The van der Waals surface area contributed by atoms with E-state index in [-0.39, 0.29) is 34.7 Å². The predicted molar refractivity (Wildman–Crippen MR) is 76.7 cm³/mol. The zero-order valence-corrected chi connectivity index (χ0v) is 11.8. The molecule has 0 amide bonds. The summed E-state index contributed by atoms with van der Waals surface area (Å²) in [7, 11) is 1.39. The van der Waals surface area contributed by atoms with Gasteiger partial charge in [-0.05, 0) is 35.6 Å². The quantitative estimate of drug-likeness (QED) is 0.748. The minimum absolute atomic E-state index is 0.0345. The van der Waals surface area contributed by atoms with E-state index in [0.717, 1.165) is 5.56 Å². The van der Waals surface area contributed by atoms with Crippen molar-refractivity contribution >= 4 is 16.6 Å². The molecule has 0 radical (unpaired) electrons. The second-order valence-electron chi connectivity index (χ2n) is 5.41. The molecule has 0 spiro atoms. The first-order chi connectivity index (χ1) is 9.93. The summed E-state index contributed by atoms with van der Waals surface area (Å²) >= 11 is 0. The molecule has 0 heterocycles. The maximum Gasteiger partial charge on any atom is 0.195 e. The Kier molecular flexibility index (Phi) is 3.11. The van der Waals surface area contributed by atoms with E-state index >= 15 is 0 Å². The molecule has 110 valence electrons. The van der Waals surface area contributed by atoms with Gasteiger partial charge in [-0.15, -0.1) is 0 Å². The lowest BCUT2D eigenvalue weighted by molar-refractivity contribution is 0.0298. The number of methoxy groups -OCH3 is 1. The second-order valence-corrected chi connectivity index (χ2v) is 5.41. The van der Waals surface area contributed by atoms with Crippen LogP contribution in [0.3, 0.4) is 0 Å². The number of rotatable bonds is 1. The van der Waals surface area contributed by atoms with Crippen LogP contribution in [0, 0.1) is 6.92 Å². The molecule has 0 bridgehead atoms. The number of carbonyl (C=O) groups excluding carboxylic acids is 1. The van der Waals surface area contributed by atoms with E-state index in [0.29, 0.717) is 10.9 Å². The molecule has 1 aliphatic carbocycles. The molecular weight excluding hydrogens is 272 g/mol. The van der Waals surface area contributed by atoms with Gasteiger partial charge < -0.3 is 20.1 Å². The van der Waals surface area contributed by atoms with Gasteiger partial charge in [0.05, 0.1) is 17.1 Å². The van der Waals surface area contributed by atoms with Crippen LogP contribution in [0.5, 0.6) is 11.5 Å². The Labute approximate surface area is 121 Å². The average molecular weight is 288 g/mol. The third-order valence-corrected chi connectivity index (χ3v) is 3.99. The Hall–Kier alpha value is -2.11. The summed E-state index contributed by atoms with van der Waals surface area (Å²) in [5.74, 6) is -0.768. The fourth-order valence-corrected chi connectivity index (χ4v) is 2.99. The molecule has 0 unspecified atom stereocenters. The smallest absolute Gasteiger partial charge is 0.195 e. The van der Waals surface area contributed by atoms with E-state index in [4.69, 9.17) is 4.74 Å². The Morgan fingerprint density at radius 2 is 1.95 bits per heavy atom. The number of aryl methyl sites for hydroxylation is 1. The minimum Gasteiger partial charge on any atom is -0.507 e. The normalized spacial score (nSPS) is 21.6. The van der Waals surface area contributed by atoms with Crippen molar-refractivity contribution < 1.29 is 24.9 Å². The number of hydrogen-bond donors (Lipinski definition) is 3. The molecule has 0 fully saturated rings. The molecule has 0 aliphatic heterocycles. The number of carbonyl (C=O) groups is 1. The highest BCUT2D eigenvalue weighted by Gasteiger charge is 2.36. The first kappa shape index (κ1) is 13.9. The molecule has 5 heteroatoms. The fraction of sp³-hybridized carbons (Fsp3) is 0.312. The summed E-state index contributed by atoms with van der Waals surface area (Å²) in [4.78, 5) is 12.4. The van der Waals surface area contributed by atoms with Crippen LogP contribution >= 0.6 is 0 Å². The number of Topliss-reactive ketones (excluding diaryl/α,β-unsaturated/α-hetero) is 1. The summed E-state index contributed by atoms with van der Waals surface area (Å²) in [6.07, 6.45) is -1.52. The summed E-state index contributed by atoms with van der Waals surface area (Å²) in [6.45, 7) is 1.82. The monoisotopic (exact) mass is 288 g/mol. The van der Waals surface area contributed by atoms with Crippen molar-refractivity contribution in [1.82, 2.24) is 0 Å². The highest BCUT2D eigenvalue weighted by atomic mass is 16.5. The number of phenolic OH excluding ortho intramolecular Hbond substituents is 2. The number of aromatic hydroxyl groups is 2. The standard InChI is InChI=1S/C16H16O5/c1-7-3-8-5-9-10(17)6-12(21-2)15(19)14(9)16(20)13(8)11(18)4-7/h3-5,10,12,17-18,20H,6H2,1-2H3/t10-,12+/m0/s1. The van der Waals surface area contributed by atoms with Gasteiger partial charge in [-0.1, -0.05) is 6.07 Å². The van der Waals surface area contributed by atoms with Gasteiger partial charge in [0, 0.05) is 13.5 Å². The van der Waals surface area contributed by atoms with Gasteiger partial charge in [0.15, 0.2) is 5.78 Å². The van der Waals surface area contributed by atoms with Crippen molar-refractivity contribution in [2.24, 2.45) is 0 Å². The van der Waals surface area contributed by atoms with Crippen molar-refractivity contribution in [3.05, 3.63) is 34.9 Å². The van der Waals surface area contributed by atoms with Gasteiger partial charge in [-0.25, -0.2) is 0 Å². The maximum atomic E-state index is 12.4. The van der Waals surface area contributed by atoms with Crippen LogP contribution in [0.15, 0.2) is 18.2 Å². The highest BCUT2D eigenvalue weighted by molar-refractivity contribution is 6.10. The molecule has 0 aromatic heterocycles. The number of fused-ring (bicyclic) bond motifs is 2. The van der Waals surface area contributed by atoms with E-state index in [1.54, 1.807) is 12.1 Å². The Balaban J connectivity index is 2.37. The van der Waals surface area contributed by atoms with Crippen molar-refractivity contribution in [2.45, 2.75) is 25.6 Å². The topological polar surface area (TPSA) is 87.0 Å². The van der Waals surface area contributed by atoms with Gasteiger partial charge in [-0.2, -0.15) is 0 Å². The number of hydrogen-bond acceptors (Lipinski definition) is 5. The molecule has 3 N–H and O–H groups in total. The molecule has 2 aromatic carbocycles. The van der Waals surface area contributed by atoms with E-state index in [2.05, 4.69) is 0 Å².